The molecule has 0 aromatic carbocycles. The van der Waals surface area contributed by atoms with E-state index in [0.717, 1.165) is 25.2 Å². The number of allylic oxidation sites excluding steroid dienone is 2. The minimum Gasteiger partial charge on any atom is -0.481 e. The third kappa shape index (κ3) is 6.65. The summed E-state index contributed by atoms with van der Waals surface area (Å²) in [6, 6.07) is 0. The zero-order valence-electron chi connectivity index (χ0n) is 17.6. The van der Waals surface area contributed by atoms with Crippen molar-refractivity contribution < 1.29 is 19.8 Å². The van der Waals surface area contributed by atoms with Crippen LogP contribution in [0.25, 0.3) is 0 Å². The van der Waals surface area contributed by atoms with Crippen LogP contribution in [0.4, 0.5) is 0 Å². The zero-order chi connectivity index (χ0) is 20.3. The summed E-state index contributed by atoms with van der Waals surface area (Å²) in [4.78, 5) is 23.9. The van der Waals surface area contributed by atoms with Crippen LogP contribution in [0.1, 0.15) is 104 Å². The summed E-state index contributed by atoms with van der Waals surface area (Å²) >= 11 is 0. The molecule has 0 amide bonds. The Hall–Kier alpha value is -1.32. The van der Waals surface area contributed by atoms with E-state index in [-0.39, 0.29) is 0 Å². The molecule has 2 N–H and O–H groups in total. The lowest BCUT2D eigenvalue weighted by Gasteiger charge is -2.44. The maximum atomic E-state index is 12.0. The van der Waals surface area contributed by atoms with Gasteiger partial charge in [0.25, 0.3) is 0 Å². The van der Waals surface area contributed by atoms with Crippen molar-refractivity contribution in [1.82, 2.24) is 0 Å². The maximum Gasteiger partial charge on any atom is 0.311 e. The van der Waals surface area contributed by atoms with E-state index < -0.39 is 22.8 Å². The number of carboxylic acids is 2. The molecular weight excluding hydrogens is 340 g/mol. The van der Waals surface area contributed by atoms with Crippen molar-refractivity contribution in [3.8, 4) is 0 Å². The number of unbranched alkanes of at least 4 members (excludes halogenated alkanes) is 8. The molecule has 0 aromatic heterocycles. The molecule has 0 bridgehead atoms. The van der Waals surface area contributed by atoms with E-state index in [4.69, 9.17) is 0 Å². The minimum absolute atomic E-state index is 0.297. The molecule has 0 radical (unpaired) electrons. The number of hydrogen-bond donors (Lipinski definition) is 2. The molecule has 0 saturated carbocycles. The van der Waals surface area contributed by atoms with Crippen molar-refractivity contribution in [2.75, 3.05) is 0 Å². The fraction of sp³-hybridized carbons (Fsp3) is 0.826. The van der Waals surface area contributed by atoms with Gasteiger partial charge in [0.05, 0.1) is 10.8 Å². The third-order valence-corrected chi connectivity index (χ3v) is 6.48. The van der Waals surface area contributed by atoms with Gasteiger partial charge in [0.1, 0.15) is 0 Å². The first kappa shape index (κ1) is 23.7. The monoisotopic (exact) mass is 380 g/mol. The minimum atomic E-state index is -1.22. The second-order valence-electron chi connectivity index (χ2n) is 9.02. The fourth-order valence-corrected chi connectivity index (χ4v) is 4.34. The van der Waals surface area contributed by atoms with Crippen molar-refractivity contribution >= 4 is 11.9 Å². The summed E-state index contributed by atoms with van der Waals surface area (Å²) in [5, 5.41) is 19.5. The number of carbonyl (C=O) groups is 2. The second kappa shape index (κ2) is 11.5. The van der Waals surface area contributed by atoms with Gasteiger partial charge in [-0.2, -0.15) is 0 Å². The van der Waals surface area contributed by atoms with Gasteiger partial charge in [-0.25, -0.2) is 0 Å². The van der Waals surface area contributed by atoms with Gasteiger partial charge >= 0.3 is 11.9 Å². The molecule has 0 aliphatic heterocycles. The zero-order valence-corrected chi connectivity index (χ0v) is 17.6. The highest BCUT2D eigenvalue weighted by atomic mass is 16.4. The highest BCUT2D eigenvalue weighted by Gasteiger charge is 2.57. The van der Waals surface area contributed by atoms with Crippen molar-refractivity contribution in [2.24, 2.45) is 16.7 Å². The molecule has 4 nitrogen and oxygen atoms in total. The first-order valence-corrected chi connectivity index (χ1v) is 10.9. The quantitative estimate of drug-likeness (QED) is 0.268. The highest BCUT2D eigenvalue weighted by molar-refractivity contribution is 5.87. The molecule has 27 heavy (non-hydrogen) atoms. The molecule has 156 valence electrons. The van der Waals surface area contributed by atoms with Gasteiger partial charge < -0.3 is 10.2 Å². The summed E-state index contributed by atoms with van der Waals surface area (Å²) in [7, 11) is 0. The largest absolute Gasteiger partial charge is 0.481 e. The summed E-state index contributed by atoms with van der Waals surface area (Å²) in [6.45, 7) is 6.15. The predicted octanol–water partition coefficient (Wildman–Crippen LogP) is 6.45. The number of carboxylic acid groups (broad SMARTS) is 2. The molecule has 4 heteroatoms. The molecule has 0 heterocycles. The van der Waals surface area contributed by atoms with Crippen LogP contribution in [0.5, 0.6) is 0 Å². The van der Waals surface area contributed by atoms with Gasteiger partial charge in [0.2, 0.25) is 0 Å². The van der Waals surface area contributed by atoms with E-state index in [1.807, 2.05) is 12.2 Å². The van der Waals surface area contributed by atoms with Gasteiger partial charge in [-0.15, -0.1) is 0 Å². The summed E-state index contributed by atoms with van der Waals surface area (Å²) in [5.74, 6) is -1.15. The van der Waals surface area contributed by atoms with E-state index in [9.17, 15) is 19.8 Å². The highest BCUT2D eigenvalue weighted by Crippen LogP contribution is 2.52. The predicted molar refractivity (Wildman–Crippen MR) is 110 cm³/mol. The van der Waals surface area contributed by atoms with E-state index >= 15 is 0 Å². The van der Waals surface area contributed by atoms with Crippen LogP contribution >= 0.6 is 0 Å². The molecule has 1 rings (SSSR count). The fourth-order valence-electron chi connectivity index (χ4n) is 4.34. The Morgan fingerprint density at radius 1 is 0.815 bits per heavy atom. The lowest BCUT2D eigenvalue weighted by Crippen LogP contribution is -2.51. The molecular formula is C23H40O4. The van der Waals surface area contributed by atoms with E-state index in [2.05, 4.69) is 13.8 Å². The number of hydrogen-bond acceptors (Lipinski definition) is 2. The lowest BCUT2D eigenvalue weighted by molar-refractivity contribution is -0.174. The maximum absolute atomic E-state index is 12.0. The van der Waals surface area contributed by atoms with Crippen LogP contribution in [0.15, 0.2) is 12.2 Å². The summed E-state index contributed by atoms with van der Waals surface area (Å²) in [5.41, 5.74) is -2.40. The molecule has 0 fully saturated rings. The number of rotatable bonds is 14. The molecule has 0 aromatic rings. The SMILES string of the molecule is CC(C)CCCCCCCCCCCC1(C(=O)O)CC=CCC1(C)C(=O)O. The Bertz CT molecular complexity index is 497. The Balaban J connectivity index is 2.29. The average Bonchev–Trinajstić information content (AvgIpc) is 2.60. The van der Waals surface area contributed by atoms with Gasteiger partial charge in [-0.05, 0) is 32.1 Å². The van der Waals surface area contributed by atoms with Crippen molar-refractivity contribution in [2.45, 2.75) is 104 Å². The van der Waals surface area contributed by atoms with Gasteiger partial charge in [-0.1, -0.05) is 90.2 Å². The molecule has 1 aliphatic rings. The van der Waals surface area contributed by atoms with Gasteiger partial charge in [0, 0.05) is 0 Å². The standard InChI is InChI=1S/C23H40O4/c1-19(2)15-11-9-7-5-4-6-8-10-12-17-23(21(26)27)18-14-13-16-22(23,3)20(24)25/h13-14,19H,4-12,15-18H2,1-3H3,(H,24,25)(H,26,27). The summed E-state index contributed by atoms with van der Waals surface area (Å²) in [6.07, 6.45) is 16.7. The topological polar surface area (TPSA) is 74.6 Å². The van der Waals surface area contributed by atoms with Crippen molar-refractivity contribution in [3.63, 3.8) is 0 Å². The van der Waals surface area contributed by atoms with Crippen LogP contribution in [0.2, 0.25) is 0 Å². The van der Waals surface area contributed by atoms with Crippen molar-refractivity contribution in [3.05, 3.63) is 12.2 Å². The van der Waals surface area contributed by atoms with Crippen LogP contribution < -0.4 is 0 Å². The van der Waals surface area contributed by atoms with Crippen LogP contribution in [0.3, 0.4) is 0 Å². The normalized spacial score (nSPS) is 25.0. The molecule has 0 saturated heterocycles. The Morgan fingerprint density at radius 2 is 1.30 bits per heavy atom. The van der Waals surface area contributed by atoms with Crippen molar-refractivity contribution in [1.29, 1.82) is 0 Å². The van der Waals surface area contributed by atoms with Gasteiger partial charge in [-0.3, -0.25) is 9.59 Å². The summed E-state index contributed by atoms with van der Waals surface area (Å²) < 4.78 is 0. The Labute approximate surface area is 165 Å². The molecule has 0 spiro atoms. The molecule has 2 unspecified atom stereocenters. The smallest absolute Gasteiger partial charge is 0.311 e. The second-order valence-corrected chi connectivity index (χ2v) is 9.02. The Kier molecular flexibility index (Phi) is 10.1. The van der Waals surface area contributed by atoms with E-state index in [0.29, 0.717) is 19.3 Å². The first-order valence-electron chi connectivity index (χ1n) is 10.9. The van der Waals surface area contributed by atoms with Crippen LogP contribution in [-0.2, 0) is 9.59 Å². The lowest BCUT2D eigenvalue weighted by atomic mass is 9.56. The third-order valence-electron chi connectivity index (χ3n) is 6.48. The Morgan fingerprint density at radius 3 is 1.78 bits per heavy atom. The first-order chi connectivity index (χ1) is 12.8. The van der Waals surface area contributed by atoms with E-state index in [1.54, 1.807) is 6.92 Å². The molecule has 1 aliphatic carbocycles. The van der Waals surface area contributed by atoms with Crippen LogP contribution in [-0.4, -0.2) is 22.2 Å². The average molecular weight is 381 g/mol. The van der Waals surface area contributed by atoms with Crippen LogP contribution in [0, 0.1) is 16.7 Å². The number of aliphatic carboxylic acids is 2. The van der Waals surface area contributed by atoms with E-state index in [1.165, 1.54) is 44.9 Å². The van der Waals surface area contributed by atoms with Gasteiger partial charge in [0.15, 0.2) is 0 Å². The molecule has 2 atom stereocenters.